The van der Waals surface area contributed by atoms with Gasteiger partial charge in [0.15, 0.2) is 0 Å². The number of aromatic nitrogens is 2. The van der Waals surface area contributed by atoms with Crippen LogP contribution in [-0.2, 0) is 7.05 Å². The summed E-state index contributed by atoms with van der Waals surface area (Å²) in [6.45, 7) is 5.54. The van der Waals surface area contributed by atoms with Crippen LogP contribution in [0.3, 0.4) is 0 Å². The van der Waals surface area contributed by atoms with Crippen LogP contribution in [0.5, 0.6) is 0 Å². The van der Waals surface area contributed by atoms with Gasteiger partial charge in [0.2, 0.25) is 0 Å². The predicted octanol–water partition coefficient (Wildman–Crippen LogP) is 3.68. The number of rotatable bonds is 6. The van der Waals surface area contributed by atoms with E-state index in [9.17, 15) is 0 Å². The second kappa shape index (κ2) is 7.09. The molecule has 3 nitrogen and oxygen atoms in total. The van der Waals surface area contributed by atoms with Crippen molar-refractivity contribution in [3.63, 3.8) is 0 Å². The highest BCUT2D eigenvalue weighted by atomic mass is 15.3. The van der Waals surface area contributed by atoms with Gasteiger partial charge in [-0.1, -0.05) is 39.5 Å². The molecule has 2 rings (SSSR count). The van der Waals surface area contributed by atoms with E-state index in [4.69, 9.17) is 0 Å². The molecule has 1 aliphatic carbocycles. The van der Waals surface area contributed by atoms with Gasteiger partial charge in [-0.2, -0.15) is 5.10 Å². The van der Waals surface area contributed by atoms with Gasteiger partial charge < -0.3 is 5.32 Å². The van der Waals surface area contributed by atoms with Gasteiger partial charge in [0, 0.05) is 13.2 Å². The molecule has 0 spiro atoms. The topological polar surface area (TPSA) is 29.9 Å². The second-order valence-corrected chi connectivity index (χ2v) is 5.98. The molecule has 0 radical (unpaired) electrons. The molecule has 3 heteroatoms. The van der Waals surface area contributed by atoms with Crippen molar-refractivity contribution in [3.8, 4) is 0 Å². The quantitative estimate of drug-likeness (QED) is 0.848. The Morgan fingerprint density at radius 3 is 2.58 bits per heavy atom. The maximum atomic E-state index is 4.34. The van der Waals surface area contributed by atoms with Crippen LogP contribution in [0.1, 0.15) is 64.1 Å². The molecule has 1 unspecified atom stereocenters. The van der Waals surface area contributed by atoms with Crippen molar-refractivity contribution < 1.29 is 0 Å². The summed E-state index contributed by atoms with van der Waals surface area (Å²) in [5, 5.41) is 8.02. The minimum absolute atomic E-state index is 0.486. The lowest BCUT2D eigenvalue weighted by molar-refractivity contribution is 0.211. The van der Waals surface area contributed by atoms with Crippen molar-refractivity contribution in [2.24, 2.45) is 18.9 Å². The first-order chi connectivity index (χ1) is 9.26. The van der Waals surface area contributed by atoms with Crippen LogP contribution in [0.15, 0.2) is 12.3 Å². The summed E-state index contributed by atoms with van der Waals surface area (Å²) < 4.78 is 2.03. The van der Waals surface area contributed by atoms with Crippen molar-refractivity contribution in [3.05, 3.63) is 18.0 Å². The van der Waals surface area contributed by atoms with Gasteiger partial charge in [-0.15, -0.1) is 0 Å². The van der Waals surface area contributed by atoms with E-state index in [1.807, 2.05) is 10.9 Å². The first-order valence-corrected chi connectivity index (χ1v) is 7.97. The van der Waals surface area contributed by atoms with Crippen molar-refractivity contribution in [2.45, 2.75) is 58.4 Å². The molecule has 1 atom stereocenters. The Balaban J connectivity index is 1.99. The normalized spacial score (nSPS) is 25.4. The van der Waals surface area contributed by atoms with Crippen molar-refractivity contribution in [1.29, 1.82) is 0 Å². The Morgan fingerprint density at radius 1 is 1.32 bits per heavy atom. The fourth-order valence-corrected chi connectivity index (χ4v) is 3.64. The zero-order chi connectivity index (χ0) is 13.7. The molecule has 0 aliphatic heterocycles. The van der Waals surface area contributed by atoms with Gasteiger partial charge in [0.25, 0.3) is 0 Å². The van der Waals surface area contributed by atoms with E-state index in [1.165, 1.54) is 44.2 Å². The standard InChI is InChI=1S/C16H29N3/c1-4-6-13-7-9-14(10-8-13)16(17-5-2)15-11-12-18-19(15)3/h11-14,16-17H,4-10H2,1-3H3. The lowest BCUT2D eigenvalue weighted by Gasteiger charge is -2.34. The van der Waals surface area contributed by atoms with E-state index < -0.39 is 0 Å². The Kier molecular flexibility index (Phi) is 5.44. The van der Waals surface area contributed by atoms with E-state index in [1.54, 1.807) is 0 Å². The first kappa shape index (κ1) is 14.6. The summed E-state index contributed by atoms with van der Waals surface area (Å²) in [7, 11) is 2.06. The minimum Gasteiger partial charge on any atom is -0.309 e. The van der Waals surface area contributed by atoms with Crippen LogP contribution in [0.25, 0.3) is 0 Å². The highest BCUT2D eigenvalue weighted by Crippen LogP contribution is 2.38. The van der Waals surface area contributed by atoms with Crippen molar-refractivity contribution in [2.75, 3.05) is 6.54 Å². The maximum Gasteiger partial charge on any atom is 0.0553 e. The Bertz CT molecular complexity index is 364. The lowest BCUT2D eigenvalue weighted by atomic mass is 9.76. The Labute approximate surface area is 117 Å². The Morgan fingerprint density at radius 2 is 2.05 bits per heavy atom. The molecule has 0 amide bonds. The third kappa shape index (κ3) is 3.59. The first-order valence-electron chi connectivity index (χ1n) is 7.97. The predicted molar refractivity (Wildman–Crippen MR) is 80.0 cm³/mol. The summed E-state index contributed by atoms with van der Waals surface area (Å²) >= 11 is 0. The van der Waals surface area contributed by atoms with Crippen LogP contribution in [0, 0.1) is 11.8 Å². The van der Waals surface area contributed by atoms with Gasteiger partial charge >= 0.3 is 0 Å². The highest BCUT2D eigenvalue weighted by Gasteiger charge is 2.29. The molecule has 0 bridgehead atoms. The lowest BCUT2D eigenvalue weighted by Crippen LogP contribution is -2.32. The van der Waals surface area contributed by atoms with Crippen LogP contribution in [-0.4, -0.2) is 16.3 Å². The molecule has 19 heavy (non-hydrogen) atoms. The van der Waals surface area contributed by atoms with E-state index in [-0.39, 0.29) is 0 Å². The van der Waals surface area contributed by atoms with Gasteiger partial charge in [-0.05, 0) is 37.3 Å². The summed E-state index contributed by atoms with van der Waals surface area (Å²) in [4.78, 5) is 0. The number of hydrogen-bond donors (Lipinski definition) is 1. The molecule has 1 aromatic heterocycles. The number of hydrogen-bond acceptors (Lipinski definition) is 2. The van der Waals surface area contributed by atoms with E-state index >= 15 is 0 Å². The molecule has 1 saturated carbocycles. The van der Waals surface area contributed by atoms with E-state index in [2.05, 4.69) is 37.4 Å². The molecule has 1 N–H and O–H groups in total. The SMILES string of the molecule is CCCC1CCC(C(NCC)c2ccnn2C)CC1. The third-order valence-corrected chi connectivity index (χ3v) is 4.66. The van der Waals surface area contributed by atoms with Gasteiger partial charge in [-0.25, -0.2) is 0 Å². The van der Waals surface area contributed by atoms with E-state index in [0.717, 1.165) is 18.4 Å². The fourth-order valence-electron chi connectivity index (χ4n) is 3.64. The largest absolute Gasteiger partial charge is 0.309 e. The number of aryl methyl sites for hydroxylation is 1. The molecular weight excluding hydrogens is 234 g/mol. The average Bonchev–Trinajstić information content (AvgIpc) is 2.84. The van der Waals surface area contributed by atoms with Crippen LogP contribution in [0.2, 0.25) is 0 Å². The minimum atomic E-state index is 0.486. The number of nitrogens with zero attached hydrogens (tertiary/aromatic N) is 2. The molecule has 1 heterocycles. The van der Waals surface area contributed by atoms with Crippen LogP contribution >= 0.6 is 0 Å². The van der Waals surface area contributed by atoms with Crippen LogP contribution < -0.4 is 5.32 Å². The summed E-state index contributed by atoms with van der Waals surface area (Å²) in [6.07, 6.45) is 10.2. The molecule has 1 fully saturated rings. The van der Waals surface area contributed by atoms with Gasteiger partial charge in [-0.3, -0.25) is 4.68 Å². The van der Waals surface area contributed by atoms with Crippen molar-refractivity contribution in [1.82, 2.24) is 15.1 Å². The smallest absolute Gasteiger partial charge is 0.0553 e. The fraction of sp³-hybridized carbons (Fsp3) is 0.812. The summed E-state index contributed by atoms with van der Waals surface area (Å²) in [5.74, 6) is 1.76. The molecule has 1 aromatic rings. The Hall–Kier alpha value is -0.830. The van der Waals surface area contributed by atoms with Gasteiger partial charge in [0.05, 0.1) is 11.7 Å². The van der Waals surface area contributed by atoms with Crippen molar-refractivity contribution >= 4 is 0 Å². The molecular formula is C16H29N3. The zero-order valence-corrected chi connectivity index (χ0v) is 12.7. The summed E-state index contributed by atoms with van der Waals surface area (Å²) in [6, 6.07) is 2.66. The maximum absolute atomic E-state index is 4.34. The van der Waals surface area contributed by atoms with E-state index in [0.29, 0.717) is 6.04 Å². The molecule has 0 saturated heterocycles. The highest BCUT2D eigenvalue weighted by molar-refractivity contribution is 5.08. The second-order valence-electron chi connectivity index (χ2n) is 5.98. The molecule has 108 valence electrons. The average molecular weight is 263 g/mol. The third-order valence-electron chi connectivity index (χ3n) is 4.66. The molecule has 0 aromatic carbocycles. The monoisotopic (exact) mass is 263 g/mol. The zero-order valence-electron chi connectivity index (χ0n) is 12.7. The number of nitrogens with one attached hydrogen (secondary N) is 1. The van der Waals surface area contributed by atoms with Crippen LogP contribution in [0.4, 0.5) is 0 Å². The summed E-state index contributed by atoms with van der Waals surface area (Å²) in [5.41, 5.74) is 1.35. The molecule has 1 aliphatic rings. The van der Waals surface area contributed by atoms with Gasteiger partial charge in [0.1, 0.15) is 0 Å².